The van der Waals surface area contributed by atoms with Gasteiger partial charge in [-0.05, 0) is 45.0 Å². The largest absolute Gasteiger partial charge is 0.280 e. The van der Waals surface area contributed by atoms with Crippen LogP contribution in [0.1, 0.15) is 30.7 Å². The van der Waals surface area contributed by atoms with Crippen LogP contribution in [0.25, 0.3) is 16.9 Å². The molecule has 0 fully saturated rings. The zero-order valence-corrected chi connectivity index (χ0v) is 14.5. The summed E-state index contributed by atoms with van der Waals surface area (Å²) in [6.45, 7) is 6.80. The van der Waals surface area contributed by atoms with Crippen LogP contribution in [0.5, 0.6) is 0 Å². The molecule has 0 radical (unpaired) electrons. The van der Waals surface area contributed by atoms with Crippen molar-refractivity contribution in [2.24, 2.45) is 0 Å². The Bertz CT molecular complexity index is 786. The summed E-state index contributed by atoms with van der Waals surface area (Å²) < 4.78 is 5.12. The molecule has 2 heterocycles. The van der Waals surface area contributed by atoms with Gasteiger partial charge in [-0.2, -0.15) is 5.10 Å². The second kappa shape index (κ2) is 5.46. The van der Waals surface area contributed by atoms with E-state index in [0.717, 1.165) is 39.4 Å². The van der Waals surface area contributed by atoms with Crippen molar-refractivity contribution in [3.63, 3.8) is 0 Å². The number of benzene rings is 1. The van der Waals surface area contributed by atoms with E-state index >= 15 is 0 Å². The Hall–Kier alpha value is -1.33. The highest BCUT2D eigenvalue weighted by Gasteiger charge is 2.21. The van der Waals surface area contributed by atoms with Gasteiger partial charge in [0.15, 0.2) is 5.65 Å². The lowest BCUT2D eigenvalue weighted by atomic mass is 10.3. The van der Waals surface area contributed by atoms with E-state index in [1.165, 1.54) is 0 Å². The van der Waals surface area contributed by atoms with Gasteiger partial charge in [-0.3, -0.25) is 4.57 Å². The molecule has 4 nitrogen and oxygen atoms in total. The van der Waals surface area contributed by atoms with E-state index in [4.69, 9.17) is 16.6 Å². The molecular formula is C15H16BrClN4. The molecule has 3 aromatic rings. The molecule has 0 N–H and O–H groups in total. The number of hydrogen-bond donors (Lipinski definition) is 0. The number of nitrogens with zero attached hydrogens (tertiary/aromatic N) is 4. The molecule has 0 bridgehead atoms. The van der Waals surface area contributed by atoms with Crippen LogP contribution in [0.15, 0.2) is 28.7 Å². The van der Waals surface area contributed by atoms with E-state index < -0.39 is 0 Å². The highest BCUT2D eigenvalue weighted by Crippen LogP contribution is 2.30. The smallest absolute Gasteiger partial charge is 0.163 e. The normalized spacial score (nSPS) is 13.0. The average Bonchev–Trinajstić information content (AvgIpc) is 2.98. The number of fused-ring (bicyclic) bond motifs is 1. The fourth-order valence-electron chi connectivity index (χ4n) is 2.52. The Labute approximate surface area is 136 Å². The van der Waals surface area contributed by atoms with Crippen molar-refractivity contribution in [3.05, 3.63) is 40.3 Å². The van der Waals surface area contributed by atoms with Crippen molar-refractivity contribution in [2.75, 3.05) is 0 Å². The van der Waals surface area contributed by atoms with Crippen LogP contribution < -0.4 is 0 Å². The number of alkyl halides is 1. The van der Waals surface area contributed by atoms with E-state index in [1.54, 1.807) is 0 Å². The second-order valence-corrected chi connectivity index (χ2v) is 6.54. The van der Waals surface area contributed by atoms with Gasteiger partial charge in [0.1, 0.15) is 11.3 Å². The first kappa shape index (κ1) is 14.6. The quantitative estimate of drug-likeness (QED) is 0.634. The summed E-state index contributed by atoms with van der Waals surface area (Å²) in [5.41, 5.74) is 3.89. The number of halogens is 2. The maximum absolute atomic E-state index is 6.34. The molecule has 2 aromatic heterocycles. The number of aromatic nitrogens is 4. The standard InChI is InChI=1S/C15H16BrClN4/c1-4-20-15-13(10(3)19-20)18-14(9(2)17)21(15)12-7-5-11(16)6-8-12/h5-9H,4H2,1-3H3. The minimum atomic E-state index is -0.175. The van der Waals surface area contributed by atoms with Crippen molar-refractivity contribution < 1.29 is 0 Å². The molecule has 0 amide bonds. The fourth-order valence-corrected chi connectivity index (χ4v) is 2.93. The van der Waals surface area contributed by atoms with Crippen LogP contribution in [0.3, 0.4) is 0 Å². The van der Waals surface area contributed by atoms with Crippen molar-refractivity contribution in [1.29, 1.82) is 0 Å². The monoisotopic (exact) mass is 366 g/mol. The molecule has 0 spiro atoms. The number of aryl methyl sites for hydroxylation is 2. The first-order chi connectivity index (χ1) is 10.0. The highest BCUT2D eigenvalue weighted by atomic mass is 79.9. The van der Waals surface area contributed by atoms with Crippen LogP contribution in [-0.4, -0.2) is 19.3 Å². The predicted octanol–water partition coefficient (Wildman–Crippen LogP) is 4.61. The summed E-state index contributed by atoms with van der Waals surface area (Å²) in [7, 11) is 0. The van der Waals surface area contributed by atoms with Gasteiger partial charge in [-0.1, -0.05) is 15.9 Å². The van der Waals surface area contributed by atoms with Crippen LogP contribution >= 0.6 is 27.5 Å². The zero-order chi connectivity index (χ0) is 15.1. The SMILES string of the molecule is CCn1nc(C)c2nc(C(C)Cl)n(-c3ccc(Br)cc3)c21. The van der Waals surface area contributed by atoms with E-state index in [0.29, 0.717) is 0 Å². The Kier molecular flexibility index (Phi) is 3.80. The Morgan fingerprint density at radius 3 is 2.52 bits per heavy atom. The summed E-state index contributed by atoms with van der Waals surface area (Å²) in [5.74, 6) is 0.844. The number of hydrogen-bond acceptors (Lipinski definition) is 2. The third kappa shape index (κ3) is 2.38. The second-order valence-electron chi connectivity index (χ2n) is 4.97. The molecule has 6 heteroatoms. The molecule has 3 rings (SSSR count). The average molecular weight is 368 g/mol. The summed E-state index contributed by atoms with van der Waals surface area (Å²) in [6.07, 6.45) is 0. The lowest BCUT2D eigenvalue weighted by Gasteiger charge is -2.11. The molecule has 0 aliphatic carbocycles. The molecule has 1 atom stereocenters. The first-order valence-corrected chi connectivity index (χ1v) is 8.11. The summed E-state index contributed by atoms with van der Waals surface area (Å²) in [5, 5.41) is 4.38. The topological polar surface area (TPSA) is 35.6 Å². The van der Waals surface area contributed by atoms with E-state index in [9.17, 15) is 0 Å². The lowest BCUT2D eigenvalue weighted by Crippen LogP contribution is -2.07. The molecule has 0 aliphatic rings. The van der Waals surface area contributed by atoms with Crippen LogP contribution in [-0.2, 0) is 6.54 Å². The van der Waals surface area contributed by atoms with Crippen molar-refractivity contribution in [1.82, 2.24) is 19.3 Å². The van der Waals surface area contributed by atoms with E-state index in [-0.39, 0.29) is 5.38 Å². The summed E-state index contributed by atoms with van der Waals surface area (Å²) in [4.78, 5) is 4.72. The predicted molar refractivity (Wildman–Crippen MR) is 89.2 cm³/mol. The summed E-state index contributed by atoms with van der Waals surface area (Å²) in [6, 6.07) is 8.14. The minimum absolute atomic E-state index is 0.175. The maximum atomic E-state index is 6.34. The molecule has 21 heavy (non-hydrogen) atoms. The molecule has 110 valence electrons. The molecule has 0 aliphatic heterocycles. The van der Waals surface area contributed by atoms with Gasteiger partial charge >= 0.3 is 0 Å². The van der Waals surface area contributed by atoms with Crippen LogP contribution in [0, 0.1) is 6.92 Å². The lowest BCUT2D eigenvalue weighted by molar-refractivity contribution is 0.658. The maximum Gasteiger partial charge on any atom is 0.163 e. The van der Waals surface area contributed by atoms with Gasteiger partial charge in [-0.15, -0.1) is 11.6 Å². The van der Waals surface area contributed by atoms with E-state index in [1.807, 2.05) is 30.7 Å². The Morgan fingerprint density at radius 1 is 1.29 bits per heavy atom. The summed E-state index contributed by atoms with van der Waals surface area (Å²) >= 11 is 9.81. The molecular weight excluding hydrogens is 352 g/mol. The third-order valence-corrected chi connectivity index (χ3v) is 4.20. The van der Waals surface area contributed by atoms with Gasteiger partial charge < -0.3 is 0 Å². The van der Waals surface area contributed by atoms with Gasteiger partial charge in [-0.25, -0.2) is 9.67 Å². The van der Waals surface area contributed by atoms with Crippen LogP contribution in [0.2, 0.25) is 0 Å². The fraction of sp³-hybridized carbons (Fsp3) is 0.333. The molecule has 1 aromatic carbocycles. The third-order valence-electron chi connectivity index (χ3n) is 3.48. The molecule has 1 unspecified atom stereocenters. The van der Waals surface area contributed by atoms with Crippen molar-refractivity contribution >= 4 is 38.7 Å². The zero-order valence-electron chi connectivity index (χ0n) is 12.1. The molecule has 0 saturated heterocycles. The van der Waals surface area contributed by atoms with Gasteiger partial charge in [0.25, 0.3) is 0 Å². The van der Waals surface area contributed by atoms with Crippen LogP contribution in [0.4, 0.5) is 0 Å². The minimum Gasteiger partial charge on any atom is -0.280 e. The van der Waals surface area contributed by atoms with Gasteiger partial charge in [0.2, 0.25) is 0 Å². The number of rotatable bonds is 3. The van der Waals surface area contributed by atoms with Crippen molar-refractivity contribution in [2.45, 2.75) is 32.7 Å². The molecule has 0 saturated carbocycles. The van der Waals surface area contributed by atoms with Gasteiger partial charge in [0, 0.05) is 16.7 Å². The van der Waals surface area contributed by atoms with E-state index in [2.05, 4.69) is 44.7 Å². The van der Waals surface area contributed by atoms with Crippen molar-refractivity contribution in [3.8, 4) is 5.69 Å². The van der Waals surface area contributed by atoms with Gasteiger partial charge in [0.05, 0.1) is 11.1 Å². The Balaban J connectivity index is 2.36. The Morgan fingerprint density at radius 2 is 1.95 bits per heavy atom. The first-order valence-electron chi connectivity index (χ1n) is 6.88. The number of imidazole rings is 1. The highest BCUT2D eigenvalue weighted by molar-refractivity contribution is 9.10.